The number of nitrogens with zero attached hydrogens (tertiary/aromatic N) is 3. The number of hydrogen-bond acceptors (Lipinski definition) is 2. The SMILES string of the molecule is Cc1ccccc1N=C1c2ccccc2C(=Nc2ccccc2C)N1C. The van der Waals surface area contributed by atoms with E-state index in [0.29, 0.717) is 0 Å². The predicted octanol–water partition coefficient (Wildman–Crippen LogP) is 5.41. The number of amidine groups is 2. The van der Waals surface area contributed by atoms with E-state index in [9.17, 15) is 0 Å². The van der Waals surface area contributed by atoms with E-state index in [1.54, 1.807) is 0 Å². The van der Waals surface area contributed by atoms with Gasteiger partial charge in [-0.15, -0.1) is 0 Å². The molecule has 4 rings (SSSR count). The summed E-state index contributed by atoms with van der Waals surface area (Å²) in [6, 6.07) is 24.7. The van der Waals surface area contributed by atoms with Gasteiger partial charge in [0.25, 0.3) is 0 Å². The third-order valence-corrected chi connectivity index (χ3v) is 4.73. The van der Waals surface area contributed by atoms with Crippen LogP contribution in [0.5, 0.6) is 0 Å². The highest BCUT2D eigenvalue weighted by molar-refractivity contribution is 6.25. The lowest BCUT2D eigenvalue weighted by Gasteiger charge is -2.14. The lowest BCUT2D eigenvalue weighted by molar-refractivity contribution is 0.771. The minimum Gasteiger partial charge on any atom is -0.313 e. The predicted molar refractivity (Wildman–Crippen MR) is 109 cm³/mol. The summed E-state index contributed by atoms with van der Waals surface area (Å²) in [6.07, 6.45) is 0. The van der Waals surface area contributed by atoms with Gasteiger partial charge in [-0.25, -0.2) is 9.98 Å². The van der Waals surface area contributed by atoms with Crippen LogP contribution in [-0.2, 0) is 0 Å². The van der Waals surface area contributed by atoms with Crippen LogP contribution in [-0.4, -0.2) is 23.6 Å². The normalized spacial score (nSPS) is 16.3. The number of aliphatic imine (C=N–C) groups is 2. The molecule has 128 valence electrons. The quantitative estimate of drug-likeness (QED) is 0.614. The van der Waals surface area contributed by atoms with Gasteiger partial charge in [0, 0.05) is 18.2 Å². The highest BCUT2D eigenvalue weighted by atomic mass is 15.2. The molecular weight excluding hydrogens is 318 g/mol. The molecule has 3 aromatic rings. The Morgan fingerprint density at radius 1 is 0.577 bits per heavy atom. The Balaban J connectivity index is 1.87. The van der Waals surface area contributed by atoms with E-state index in [1.807, 2.05) is 31.3 Å². The molecule has 1 aliphatic rings. The van der Waals surface area contributed by atoms with Crippen molar-refractivity contribution in [3.63, 3.8) is 0 Å². The van der Waals surface area contributed by atoms with E-state index in [2.05, 4.69) is 67.3 Å². The smallest absolute Gasteiger partial charge is 0.142 e. The molecule has 1 aliphatic heterocycles. The molecule has 0 spiro atoms. The summed E-state index contributed by atoms with van der Waals surface area (Å²) in [5.74, 6) is 1.87. The molecule has 0 N–H and O–H groups in total. The second-order valence-electron chi connectivity index (χ2n) is 6.55. The number of aryl methyl sites for hydroxylation is 2. The van der Waals surface area contributed by atoms with Crippen LogP contribution in [0.3, 0.4) is 0 Å². The molecular formula is C23H21N3. The third kappa shape index (κ3) is 2.82. The average Bonchev–Trinajstić information content (AvgIpc) is 2.91. The van der Waals surface area contributed by atoms with Gasteiger partial charge in [-0.3, -0.25) is 0 Å². The first-order chi connectivity index (χ1) is 12.6. The Kier molecular flexibility index (Phi) is 4.13. The van der Waals surface area contributed by atoms with Crippen LogP contribution in [0.15, 0.2) is 82.8 Å². The zero-order valence-electron chi connectivity index (χ0n) is 15.3. The van der Waals surface area contributed by atoms with Gasteiger partial charge in [0.1, 0.15) is 11.7 Å². The monoisotopic (exact) mass is 339 g/mol. The Bertz CT molecular complexity index is 948. The van der Waals surface area contributed by atoms with Crippen LogP contribution >= 0.6 is 0 Å². The topological polar surface area (TPSA) is 28.0 Å². The first-order valence-corrected chi connectivity index (χ1v) is 8.77. The van der Waals surface area contributed by atoms with E-state index in [1.165, 1.54) is 0 Å². The summed E-state index contributed by atoms with van der Waals surface area (Å²) >= 11 is 0. The van der Waals surface area contributed by atoms with Gasteiger partial charge in [-0.1, -0.05) is 60.7 Å². The standard InChI is InChI=1S/C23H21N3/c1-16-10-4-8-14-20(16)24-22-18-12-6-7-13-19(18)23(26(22)3)25-21-15-9-5-11-17(21)2/h4-15H,1-3H3. The Hall–Kier alpha value is -3.20. The van der Waals surface area contributed by atoms with Crippen LogP contribution < -0.4 is 0 Å². The second-order valence-corrected chi connectivity index (χ2v) is 6.55. The maximum atomic E-state index is 4.96. The van der Waals surface area contributed by atoms with Gasteiger partial charge in [0.15, 0.2) is 0 Å². The van der Waals surface area contributed by atoms with Crippen molar-refractivity contribution in [2.75, 3.05) is 7.05 Å². The van der Waals surface area contributed by atoms with Crippen molar-refractivity contribution in [3.05, 3.63) is 95.1 Å². The molecule has 0 bridgehead atoms. The van der Waals surface area contributed by atoms with Crippen molar-refractivity contribution >= 4 is 23.0 Å². The first-order valence-electron chi connectivity index (χ1n) is 8.77. The highest BCUT2D eigenvalue weighted by Crippen LogP contribution is 2.29. The average molecular weight is 339 g/mol. The zero-order chi connectivity index (χ0) is 18.1. The first kappa shape index (κ1) is 16.3. The molecule has 0 saturated heterocycles. The molecule has 0 aromatic heterocycles. The van der Waals surface area contributed by atoms with Crippen molar-refractivity contribution in [1.82, 2.24) is 4.90 Å². The van der Waals surface area contributed by atoms with Crippen LogP contribution in [0.1, 0.15) is 22.3 Å². The van der Waals surface area contributed by atoms with Crippen molar-refractivity contribution in [2.45, 2.75) is 13.8 Å². The third-order valence-electron chi connectivity index (χ3n) is 4.73. The maximum Gasteiger partial charge on any atom is 0.142 e. The summed E-state index contributed by atoms with van der Waals surface area (Å²) in [5.41, 5.74) is 6.53. The van der Waals surface area contributed by atoms with Crippen molar-refractivity contribution in [1.29, 1.82) is 0 Å². The van der Waals surface area contributed by atoms with Gasteiger partial charge in [0.05, 0.1) is 11.4 Å². The van der Waals surface area contributed by atoms with E-state index in [-0.39, 0.29) is 0 Å². The maximum absolute atomic E-state index is 4.96. The van der Waals surface area contributed by atoms with E-state index < -0.39 is 0 Å². The highest BCUT2D eigenvalue weighted by Gasteiger charge is 2.29. The molecule has 3 heteroatoms. The lowest BCUT2D eigenvalue weighted by Crippen LogP contribution is -2.26. The fourth-order valence-electron chi connectivity index (χ4n) is 3.21. The summed E-state index contributed by atoms with van der Waals surface area (Å²) in [6.45, 7) is 4.17. The van der Waals surface area contributed by atoms with E-state index in [0.717, 1.165) is 45.3 Å². The van der Waals surface area contributed by atoms with Crippen molar-refractivity contribution < 1.29 is 0 Å². The molecule has 3 aromatic carbocycles. The van der Waals surface area contributed by atoms with E-state index >= 15 is 0 Å². The Morgan fingerprint density at radius 3 is 1.38 bits per heavy atom. The minimum atomic E-state index is 0.933. The molecule has 3 nitrogen and oxygen atoms in total. The fraction of sp³-hybridized carbons (Fsp3) is 0.130. The van der Waals surface area contributed by atoms with Gasteiger partial charge in [-0.2, -0.15) is 0 Å². The number of hydrogen-bond donors (Lipinski definition) is 0. The summed E-state index contributed by atoms with van der Waals surface area (Å²) in [7, 11) is 2.04. The molecule has 0 aliphatic carbocycles. The Morgan fingerprint density at radius 2 is 0.962 bits per heavy atom. The molecule has 0 amide bonds. The fourth-order valence-corrected chi connectivity index (χ4v) is 3.21. The number of benzene rings is 3. The number of para-hydroxylation sites is 2. The molecule has 0 saturated carbocycles. The molecule has 0 fully saturated rings. The largest absolute Gasteiger partial charge is 0.313 e. The molecule has 0 radical (unpaired) electrons. The van der Waals surface area contributed by atoms with Gasteiger partial charge < -0.3 is 4.90 Å². The van der Waals surface area contributed by atoms with Gasteiger partial charge in [0.2, 0.25) is 0 Å². The molecule has 0 atom stereocenters. The van der Waals surface area contributed by atoms with Crippen LogP contribution in [0.4, 0.5) is 11.4 Å². The van der Waals surface area contributed by atoms with Crippen molar-refractivity contribution in [2.24, 2.45) is 9.98 Å². The second kappa shape index (κ2) is 6.60. The number of fused-ring (bicyclic) bond motifs is 1. The molecule has 0 unspecified atom stereocenters. The summed E-state index contributed by atoms with van der Waals surface area (Å²) in [4.78, 5) is 12.0. The van der Waals surface area contributed by atoms with Crippen molar-refractivity contribution in [3.8, 4) is 0 Å². The molecule has 26 heavy (non-hydrogen) atoms. The summed E-state index contributed by atoms with van der Waals surface area (Å²) in [5, 5.41) is 0. The van der Waals surface area contributed by atoms with Crippen LogP contribution in [0.25, 0.3) is 0 Å². The van der Waals surface area contributed by atoms with Gasteiger partial charge in [-0.05, 0) is 37.1 Å². The zero-order valence-corrected chi connectivity index (χ0v) is 15.3. The van der Waals surface area contributed by atoms with Crippen LogP contribution in [0.2, 0.25) is 0 Å². The Labute approximate surface area is 154 Å². The number of rotatable bonds is 2. The molecule has 1 heterocycles. The van der Waals surface area contributed by atoms with Gasteiger partial charge >= 0.3 is 0 Å². The minimum absolute atomic E-state index is 0.933. The van der Waals surface area contributed by atoms with E-state index in [4.69, 9.17) is 9.98 Å². The summed E-state index contributed by atoms with van der Waals surface area (Å²) < 4.78 is 0. The lowest BCUT2D eigenvalue weighted by atomic mass is 10.1. The van der Waals surface area contributed by atoms with Crippen LogP contribution in [0, 0.1) is 13.8 Å².